The van der Waals surface area contributed by atoms with Crippen molar-refractivity contribution < 1.29 is 19.4 Å². The molecule has 0 aromatic heterocycles. The van der Waals surface area contributed by atoms with Crippen LogP contribution in [-0.2, 0) is 14.3 Å². The third-order valence-corrected chi connectivity index (χ3v) is 7.30. The molecule has 0 fully saturated rings. The average molecular weight is 573 g/mol. The van der Waals surface area contributed by atoms with Crippen molar-refractivity contribution >= 4 is 11.9 Å². The summed E-state index contributed by atoms with van der Waals surface area (Å²) in [4.78, 5) is 22.9. The summed E-state index contributed by atoms with van der Waals surface area (Å²) in [7, 11) is 0. The summed E-state index contributed by atoms with van der Waals surface area (Å²) < 4.78 is 5.85. The van der Waals surface area contributed by atoms with Crippen molar-refractivity contribution in [1.82, 2.24) is 0 Å². The maximum atomic E-state index is 12.4. The van der Waals surface area contributed by atoms with E-state index in [-0.39, 0.29) is 18.5 Å². The first-order valence-corrected chi connectivity index (χ1v) is 17.1. The van der Waals surface area contributed by atoms with E-state index in [2.05, 4.69) is 62.5 Å². The van der Waals surface area contributed by atoms with Crippen molar-refractivity contribution in [3.05, 3.63) is 48.6 Å². The van der Waals surface area contributed by atoms with E-state index in [0.29, 0.717) is 6.42 Å². The molecule has 0 aromatic rings. The van der Waals surface area contributed by atoms with Crippen LogP contribution in [0.4, 0.5) is 0 Å². The number of carbonyl (C=O) groups excluding carboxylic acids is 1. The summed E-state index contributed by atoms with van der Waals surface area (Å²) in [5, 5.41) is 8.68. The molecule has 0 amide bonds. The van der Waals surface area contributed by atoms with Crippen LogP contribution in [0, 0.1) is 0 Å². The number of hydrogen-bond acceptors (Lipinski definition) is 3. The first kappa shape index (κ1) is 38.9. The monoisotopic (exact) mass is 572 g/mol. The fraction of sp³-hybridized carbons (Fsp3) is 0.730. The van der Waals surface area contributed by atoms with Gasteiger partial charge in [0.15, 0.2) is 0 Å². The molecule has 0 bridgehead atoms. The second-order valence-corrected chi connectivity index (χ2v) is 11.3. The van der Waals surface area contributed by atoms with Crippen LogP contribution in [0.1, 0.15) is 168 Å². The largest absolute Gasteiger partial charge is 0.481 e. The fourth-order valence-corrected chi connectivity index (χ4v) is 4.74. The zero-order chi connectivity index (χ0) is 30.1. The van der Waals surface area contributed by atoms with Gasteiger partial charge in [-0.05, 0) is 77.0 Å². The van der Waals surface area contributed by atoms with Gasteiger partial charge in [0.1, 0.15) is 6.10 Å². The molecule has 236 valence electrons. The van der Waals surface area contributed by atoms with Crippen LogP contribution in [0.5, 0.6) is 0 Å². The summed E-state index contributed by atoms with van der Waals surface area (Å²) in [6, 6.07) is 0. The van der Waals surface area contributed by atoms with Crippen LogP contribution in [0.2, 0.25) is 0 Å². The van der Waals surface area contributed by atoms with Gasteiger partial charge in [-0.1, -0.05) is 127 Å². The Balaban J connectivity index is 3.77. The molecule has 0 aliphatic rings. The van der Waals surface area contributed by atoms with E-state index in [0.717, 1.165) is 103 Å². The Hall–Kier alpha value is -2.10. The van der Waals surface area contributed by atoms with Gasteiger partial charge in [0.25, 0.3) is 0 Å². The molecule has 0 aromatic carbocycles. The number of carboxylic acids is 1. The number of esters is 1. The van der Waals surface area contributed by atoms with Crippen molar-refractivity contribution in [3.8, 4) is 0 Å². The Morgan fingerprint density at radius 2 is 0.976 bits per heavy atom. The summed E-state index contributed by atoms with van der Waals surface area (Å²) >= 11 is 0. The number of aliphatic carboxylic acids is 1. The van der Waals surface area contributed by atoms with E-state index in [1.165, 1.54) is 38.5 Å². The number of unbranched alkanes of at least 4 members (excludes halogenated alkanes) is 13. The minimum atomic E-state index is -0.694. The van der Waals surface area contributed by atoms with Gasteiger partial charge in [-0.3, -0.25) is 9.59 Å². The molecule has 4 nitrogen and oxygen atoms in total. The highest BCUT2D eigenvalue weighted by atomic mass is 16.5. The number of allylic oxidation sites excluding steroid dienone is 8. The predicted octanol–water partition coefficient (Wildman–Crippen LogP) is 11.6. The fourth-order valence-electron chi connectivity index (χ4n) is 4.74. The molecule has 0 radical (unpaired) electrons. The molecule has 0 saturated carbocycles. The topological polar surface area (TPSA) is 63.6 Å². The summed E-state index contributed by atoms with van der Waals surface area (Å²) in [6.45, 7) is 4.43. The van der Waals surface area contributed by atoms with Crippen LogP contribution < -0.4 is 0 Å². The molecule has 41 heavy (non-hydrogen) atoms. The summed E-state index contributed by atoms with van der Waals surface area (Å²) in [5.74, 6) is -0.720. The van der Waals surface area contributed by atoms with Gasteiger partial charge in [0, 0.05) is 12.8 Å². The maximum absolute atomic E-state index is 12.4. The van der Waals surface area contributed by atoms with Crippen LogP contribution in [-0.4, -0.2) is 23.1 Å². The molecule has 4 heteroatoms. The van der Waals surface area contributed by atoms with Gasteiger partial charge in [0.05, 0.1) is 0 Å². The highest BCUT2D eigenvalue weighted by molar-refractivity contribution is 5.69. The number of ether oxygens (including phenoxy) is 1. The van der Waals surface area contributed by atoms with Crippen molar-refractivity contribution in [2.75, 3.05) is 0 Å². The molecule has 0 rings (SSSR count). The summed E-state index contributed by atoms with van der Waals surface area (Å²) in [5.41, 5.74) is 0. The van der Waals surface area contributed by atoms with E-state index in [1.54, 1.807) is 0 Å². The normalized spacial score (nSPS) is 12.8. The second-order valence-electron chi connectivity index (χ2n) is 11.3. The van der Waals surface area contributed by atoms with Crippen molar-refractivity contribution in [1.29, 1.82) is 0 Å². The molecule has 0 aliphatic heterocycles. The third-order valence-electron chi connectivity index (χ3n) is 7.30. The lowest BCUT2D eigenvalue weighted by Crippen LogP contribution is -2.18. The van der Waals surface area contributed by atoms with Crippen molar-refractivity contribution in [2.45, 2.75) is 174 Å². The van der Waals surface area contributed by atoms with Crippen LogP contribution >= 0.6 is 0 Å². The van der Waals surface area contributed by atoms with Crippen molar-refractivity contribution in [2.24, 2.45) is 0 Å². The zero-order valence-electron chi connectivity index (χ0n) is 26.8. The lowest BCUT2D eigenvalue weighted by molar-refractivity contribution is -0.150. The van der Waals surface area contributed by atoms with Crippen LogP contribution in [0.15, 0.2) is 48.6 Å². The smallest absolute Gasteiger partial charge is 0.306 e. The first-order valence-electron chi connectivity index (χ1n) is 17.1. The Bertz CT molecular complexity index is 704. The van der Waals surface area contributed by atoms with Crippen LogP contribution in [0.3, 0.4) is 0 Å². The van der Waals surface area contributed by atoms with Crippen LogP contribution in [0.25, 0.3) is 0 Å². The second kappa shape index (κ2) is 32.4. The summed E-state index contributed by atoms with van der Waals surface area (Å²) in [6.07, 6.45) is 43.0. The predicted molar refractivity (Wildman–Crippen MR) is 176 cm³/mol. The average Bonchev–Trinajstić information content (AvgIpc) is 2.95. The van der Waals surface area contributed by atoms with E-state index in [9.17, 15) is 9.59 Å². The highest BCUT2D eigenvalue weighted by Gasteiger charge is 2.13. The number of hydrogen-bond donors (Lipinski definition) is 1. The van der Waals surface area contributed by atoms with Gasteiger partial charge < -0.3 is 9.84 Å². The SMILES string of the molecule is CCCCC/C=C\C/C=C\C/C=C\C/C=C\CCCCCC(=O)OC(CCCC)CCCCCCCCCC(=O)O. The molecular weight excluding hydrogens is 508 g/mol. The molecule has 1 unspecified atom stereocenters. The number of rotatable bonds is 30. The lowest BCUT2D eigenvalue weighted by atomic mass is 10.0. The van der Waals surface area contributed by atoms with E-state index in [1.807, 2.05) is 0 Å². The van der Waals surface area contributed by atoms with Gasteiger partial charge in [-0.15, -0.1) is 0 Å². The maximum Gasteiger partial charge on any atom is 0.306 e. The molecule has 0 aliphatic carbocycles. The third kappa shape index (κ3) is 32.3. The zero-order valence-corrected chi connectivity index (χ0v) is 26.8. The minimum Gasteiger partial charge on any atom is -0.481 e. The van der Waals surface area contributed by atoms with Gasteiger partial charge in [-0.25, -0.2) is 0 Å². The molecule has 0 heterocycles. The Kier molecular flexibility index (Phi) is 30.8. The molecule has 1 N–H and O–H groups in total. The number of carbonyl (C=O) groups is 2. The van der Waals surface area contributed by atoms with E-state index < -0.39 is 5.97 Å². The Morgan fingerprint density at radius 3 is 1.54 bits per heavy atom. The molecule has 0 spiro atoms. The van der Waals surface area contributed by atoms with E-state index in [4.69, 9.17) is 9.84 Å². The molecule has 0 saturated heterocycles. The van der Waals surface area contributed by atoms with Gasteiger partial charge >= 0.3 is 11.9 Å². The Morgan fingerprint density at radius 1 is 0.537 bits per heavy atom. The minimum absolute atomic E-state index is 0.0257. The van der Waals surface area contributed by atoms with Gasteiger partial charge in [0.2, 0.25) is 0 Å². The quantitative estimate of drug-likeness (QED) is 0.0528. The molecule has 1 atom stereocenters. The Labute approximate surface area is 253 Å². The van der Waals surface area contributed by atoms with Gasteiger partial charge in [-0.2, -0.15) is 0 Å². The number of carboxylic acid groups (broad SMARTS) is 1. The van der Waals surface area contributed by atoms with Crippen molar-refractivity contribution in [3.63, 3.8) is 0 Å². The standard InChI is InChI=1S/C37H64O4/c1-3-5-7-8-9-10-11-12-13-14-15-16-17-18-19-20-24-27-30-34-37(40)41-35(31-6-4-2)32-28-25-22-21-23-26-29-33-36(38)39/h9-10,12-13,15-16,18-19,35H,3-8,11,14,17,20-34H2,1-2H3,(H,38,39)/b10-9-,13-12-,16-15-,19-18-. The lowest BCUT2D eigenvalue weighted by Gasteiger charge is -2.18. The highest BCUT2D eigenvalue weighted by Crippen LogP contribution is 2.17. The first-order chi connectivity index (χ1) is 20.1. The van der Waals surface area contributed by atoms with E-state index >= 15 is 0 Å². The molecular formula is C37H64O4.